The van der Waals surface area contributed by atoms with Crippen molar-refractivity contribution < 1.29 is 0 Å². The van der Waals surface area contributed by atoms with Crippen LogP contribution < -0.4 is 5.32 Å². The summed E-state index contributed by atoms with van der Waals surface area (Å²) >= 11 is 3.49. The number of hydrogen-bond donors (Lipinski definition) is 1. The van der Waals surface area contributed by atoms with Crippen molar-refractivity contribution in [3.05, 3.63) is 63.1 Å². The molecule has 18 heavy (non-hydrogen) atoms. The van der Waals surface area contributed by atoms with Gasteiger partial charge in [-0.05, 0) is 61.2 Å². The number of halogens is 1. The Hall–Kier alpha value is -1.28. The van der Waals surface area contributed by atoms with Crippen LogP contribution >= 0.6 is 15.9 Å². The Morgan fingerprint density at radius 1 is 0.944 bits per heavy atom. The third-order valence-corrected chi connectivity index (χ3v) is 3.78. The Balaban J connectivity index is 2.16. The average molecular weight is 304 g/mol. The first kappa shape index (κ1) is 13.2. The first-order chi connectivity index (χ1) is 8.58. The van der Waals surface area contributed by atoms with Gasteiger partial charge in [-0.25, -0.2) is 0 Å². The summed E-state index contributed by atoms with van der Waals surface area (Å²) in [4.78, 5) is 0. The molecule has 0 bridgehead atoms. The third-order valence-electron chi connectivity index (χ3n) is 3.29. The van der Waals surface area contributed by atoms with Gasteiger partial charge in [-0.2, -0.15) is 0 Å². The van der Waals surface area contributed by atoms with Crippen molar-refractivity contribution in [2.24, 2.45) is 0 Å². The van der Waals surface area contributed by atoms with Crippen LogP contribution in [0.4, 0.5) is 5.69 Å². The van der Waals surface area contributed by atoms with E-state index in [-0.39, 0.29) is 0 Å². The van der Waals surface area contributed by atoms with Gasteiger partial charge in [0.1, 0.15) is 0 Å². The largest absolute Gasteiger partial charge is 0.381 e. The Labute approximate surface area is 117 Å². The molecule has 0 heterocycles. The molecule has 1 N–H and O–H groups in total. The summed E-state index contributed by atoms with van der Waals surface area (Å²) in [6, 6.07) is 12.8. The molecule has 2 aromatic carbocycles. The first-order valence-electron chi connectivity index (χ1n) is 6.13. The smallest absolute Gasteiger partial charge is 0.0406 e. The highest BCUT2D eigenvalue weighted by Gasteiger charge is 2.03. The minimum absolute atomic E-state index is 0.876. The van der Waals surface area contributed by atoms with Crippen molar-refractivity contribution in [3.8, 4) is 0 Å². The fourth-order valence-corrected chi connectivity index (χ4v) is 2.61. The Morgan fingerprint density at radius 2 is 1.61 bits per heavy atom. The predicted octanol–water partition coefficient (Wildman–Crippen LogP) is 4.99. The van der Waals surface area contributed by atoms with Crippen molar-refractivity contribution in [1.82, 2.24) is 0 Å². The molecule has 2 aromatic rings. The molecule has 0 aliphatic heterocycles. The van der Waals surface area contributed by atoms with Gasteiger partial charge >= 0.3 is 0 Å². The van der Waals surface area contributed by atoms with Gasteiger partial charge in [0.25, 0.3) is 0 Å². The normalized spacial score (nSPS) is 10.4. The van der Waals surface area contributed by atoms with Gasteiger partial charge in [0.2, 0.25) is 0 Å². The number of aryl methyl sites for hydroxylation is 3. The third kappa shape index (κ3) is 2.94. The van der Waals surface area contributed by atoms with Gasteiger partial charge in [0.15, 0.2) is 0 Å². The van der Waals surface area contributed by atoms with E-state index in [0.29, 0.717) is 0 Å². The predicted molar refractivity (Wildman–Crippen MR) is 82.1 cm³/mol. The molecule has 0 unspecified atom stereocenters. The van der Waals surface area contributed by atoms with E-state index in [1.165, 1.54) is 27.9 Å². The quantitative estimate of drug-likeness (QED) is 0.842. The lowest BCUT2D eigenvalue weighted by atomic mass is 10.0. The fraction of sp³-hybridized carbons (Fsp3) is 0.250. The lowest BCUT2D eigenvalue weighted by molar-refractivity contribution is 1.08. The minimum atomic E-state index is 0.876. The van der Waals surface area contributed by atoms with Crippen LogP contribution in [0.15, 0.2) is 40.9 Å². The van der Waals surface area contributed by atoms with Gasteiger partial charge in [-0.15, -0.1) is 0 Å². The van der Waals surface area contributed by atoms with E-state index in [9.17, 15) is 0 Å². The van der Waals surface area contributed by atoms with E-state index < -0.39 is 0 Å². The SMILES string of the molecule is Cc1cc(Br)ccc1NCc1c(C)cccc1C. The second kappa shape index (κ2) is 5.57. The molecule has 0 fully saturated rings. The molecular formula is C16H18BrN. The summed E-state index contributed by atoms with van der Waals surface area (Å²) in [6.07, 6.45) is 0. The van der Waals surface area contributed by atoms with Gasteiger partial charge in [-0.1, -0.05) is 34.1 Å². The molecule has 0 spiro atoms. The van der Waals surface area contributed by atoms with Gasteiger partial charge in [-0.3, -0.25) is 0 Å². The maximum Gasteiger partial charge on any atom is 0.0406 e. The number of hydrogen-bond acceptors (Lipinski definition) is 1. The highest BCUT2D eigenvalue weighted by atomic mass is 79.9. The average Bonchev–Trinajstić information content (AvgIpc) is 2.31. The summed E-state index contributed by atoms with van der Waals surface area (Å²) in [5.74, 6) is 0. The van der Waals surface area contributed by atoms with Crippen molar-refractivity contribution >= 4 is 21.6 Å². The first-order valence-corrected chi connectivity index (χ1v) is 6.92. The van der Waals surface area contributed by atoms with Crippen molar-refractivity contribution in [1.29, 1.82) is 0 Å². The molecule has 0 aliphatic rings. The van der Waals surface area contributed by atoms with Gasteiger partial charge in [0.05, 0.1) is 0 Å². The minimum Gasteiger partial charge on any atom is -0.381 e. The van der Waals surface area contributed by atoms with Crippen molar-refractivity contribution in [2.75, 3.05) is 5.32 Å². The molecule has 0 aliphatic carbocycles. The van der Waals surface area contributed by atoms with Crippen LogP contribution in [0.1, 0.15) is 22.3 Å². The van der Waals surface area contributed by atoms with Crippen LogP contribution in [0.2, 0.25) is 0 Å². The molecule has 0 saturated heterocycles. The summed E-state index contributed by atoms with van der Waals surface area (Å²) in [5, 5.41) is 3.52. The van der Waals surface area contributed by atoms with Crippen LogP contribution in [0.5, 0.6) is 0 Å². The summed E-state index contributed by atoms with van der Waals surface area (Å²) in [6.45, 7) is 7.33. The van der Waals surface area contributed by atoms with Crippen LogP contribution in [-0.2, 0) is 6.54 Å². The lowest BCUT2D eigenvalue weighted by Gasteiger charge is -2.13. The number of benzene rings is 2. The summed E-state index contributed by atoms with van der Waals surface area (Å²) in [5.41, 5.74) is 6.53. The summed E-state index contributed by atoms with van der Waals surface area (Å²) < 4.78 is 1.12. The second-order valence-corrected chi connectivity index (χ2v) is 5.60. The second-order valence-electron chi connectivity index (χ2n) is 4.68. The van der Waals surface area contributed by atoms with E-state index in [1.54, 1.807) is 0 Å². The van der Waals surface area contributed by atoms with E-state index in [1.807, 2.05) is 0 Å². The number of anilines is 1. The Morgan fingerprint density at radius 3 is 2.22 bits per heavy atom. The van der Waals surface area contributed by atoms with Crippen LogP contribution in [0, 0.1) is 20.8 Å². The Kier molecular flexibility index (Phi) is 4.07. The van der Waals surface area contributed by atoms with E-state index >= 15 is 0 Å². The number of nitrogens with one attached hydrogen (secondary N) is 1. The molecule has 1 nitrogen and oxygen atoms in total. The topological polar surface area (TPSA) is 12.0 Å². The van der Waals surface area contributed by atoms with E-state index in [2.05, 4.69) is 78.4 Å². The molecule has 0 amide bonds. The molecule has 2 heteroatoms. The Bertz CT molecular complexity index is 541. The molecule has 0 radical (unpaired) electrons. The molecule has 0 atom stereocenters. The molecule has 2 rings (SSSR count). The van der Waals surface area contributed by atoms with Crippen molar-refractivity contribution in [3.63, 3.8) is 0 Å². The van der Waals surface area contributed by atoms with E-state index in [0.717, 1.165) is 11.0 Å². The molecule has 0 aromatic heterocycles. The highest BCUT2D eigenvalue weighted by Crippen LogP contribution is 2.22. The monoisotopic (exact) mass is 303 g/mol. The zero-order chi connectivity index (χ0) is 13.1. The van der Waals surface area contributed by atoms with Gasteiger partial charge < -0.3 is 5.32 Å². The standard InChI is InChI=1S/C16H18BrN/c1-11-5-4-6-12(2)15(11)10-18-16-8-7-14(17)9-13(16)3/h4-9,18H,10H2,1-3H3. The summed E-state index contributed by atoms with van der Waals surface area (Å²) in [7, 11) is 0. The fourth-order valence-electron chi connectivity index (χ4n) is 2.14. The highest BCUT2D eigenvalue weighted by molar-refractivity contribution is 9.10. The van der Waals surface area contributed by atoms with Crippen molar-refractivity contribution in [2.45, 2.75) is 27.3 Å². The number of rotatable bonds is 3. The molecule has 0 saturated carbocycles. The lowest BCUT2D eigenvalue weighted by Crippen LogP contribution is -2.04. The zero-order valence-electron chi connectivity index (χ0n) is 11.0. The molecular weight excluding hydrogens is 286 g/mol. The zero-order valence-corrected chi connectivity index (χ0v) is 12.6. The van der Waals surface area contributed by atoms with E-state index in [4.69, 9.17) is 0 Å². The van der Waals surface area contributed by atoms with Gasteiger partial charge in [0, 0.05) is 16.7 Å². The van der Waals surface area contributed by atoms with Crippen LogP contribution in [0.3, 0.4) is 0 Å². The maximum absolute atomic E-state index is 3.52. The maximum atomic E-state index is 3.52. The van der Waals surface area contributed by atoms with Crippen LogP contribution in [-0.4, -0.2) is 0 Å². The molecule has 94 valence electrons. The van der Waals surface area contributed by atoms with Crippen LogP contribution in [0.25, 0.3) is 0 Å².